The summed E-state index contributed by atoms with van der Waals surface area (Å²) in [5.41, 5.74) is 8.66. The van der Waals surface area contributed by atoms with Gasteiger partial charge in [-0.2, -0.15) is 5.10 Å². The molecule has 0 spiro atoms. The van der Waals surface area contributed by atoms with Crippen LogP contribution in [-0.2, 0) is 0 Å². The highest BCUT2D eigenvalue weighted by Gasteiger charge is 2.12. The minimum Gasteiger partial charge on any atom is -0.382 e. The molecule has 1 heterocycles. The van der Waals surface area contributed by atoms with E-state index in [1.165, 1.54) is 0 Å². The number of nitrogens with zero attached hydrogens (tertiary/aromatic N) is 2. The third-order valence-corrected chi connectivity index (χ3v) is 3.37. The molecule has 16 heavy (non-hydrogen) atoms. The van der Waals surface area contributed by atoms with Crippen molar-refractivity contribution in [3.63, 3.8) is 0 Å². The van der Waals surface area contributed by atoms with E-state index in [1.807, 2.05) is 32.0 Å². The largest absolute Gasteiger partial charge is 0.382 e. The quantitative estimate of drug-likeness (QED) is 0.876. The fourth-order valence-electron chi connectivity index (χ4n) is 1.57. The molecule has 1 aromatic heterocycles. The highest BCUT2D eigenvalue weighted by atomic mass is 79.9. The average Bonchev–Trinajstić information content (AvgIpc) is 2.46. The number of nitrogen functional groups attached to an aromatic ring is 1. The molecule has 0 saturated carbocycles. The highest BCUT2D eigenvalue weighted by molar-refractivity contribution is 9.10. The van der Waals surface area contributed by atoms with Crippen molar-refractivity contribution in [2.75, 3.05) is 5.73 Å². The van der Waals surface area contributed by atoms with Gasteiger partial charge < -0.3 is 5.73 Å². The molecule has 2 N–H and O–H groups in total. The van der Waals surface area contributed by atoms with Crippen molar-refractivity contribution in [1.82, 2.24) is 9.78 Å². The molecule has 2 aromatic rings. The molecule has 0 aliphatic heterocycles. The molecule has 2 rings (SSSR count). The Hall–Kier alpha value is -1.00. The van der Waals surface area contributed by atoms with Crippen molar-refractivity contribution in [2.24, 2.45) is 0 Å². The summed E-state index contributed by atoms with van der Waals surface area (Å²) < 4.78 is 2.70. The summed E-state index contributed by atoms with van der Waals surface area (Å²) >= 11 is 9.43. The van der Waals surface area contributed by atoms with Crippen molar-refractivity contribution < 1.29 is 0 Å². The molecular weight excluding hydrogens is 289 g/mol. The number of aryl methyl sites for hydroxylation is 2. The molecule has 0 aliphatic rings. The molecule has 0 atom stereocenters. The van der Waals surface area contributed by atoms with E-state index in [0.717, 1.165) is 21.4 Å². The molecule has 0 amide bonds. The van der Waals surface area contributed by atoms with Gasteiger partial charge in [-0.15, -0.1) is 0 Å². The van der Waals surface area contributed by atoms with Gasteiger partial charge in [0.2, 0.25) is 0 Å². The van der Waals surface area contributed by atoms with E-state index in [4.69, 9.17) is 17.3 Å². The SMILES string of the molecule is Cc1cc(Br)ccc1-n1nc(C)c(Cl)c1N. The van der Waals surface area contributed by atoms with Gasteiger partial charge in [-0.1, -0.05) is 27.5 Å². The van der Waals surface area contributed by atoms with E-state index in [0.29, 0.717) is 10.8 Å². The zero-order valence-corrected chi connectivity index (χ0v) is 11.3. The first kappa shape index (κ1) is 11.5. The van der Waals surface area contributed by atoms with Gasteiger partial charge in [0, 0.05) is 4.47 Å². The first-order chi connectivity index (χ1) is 7.50. The maximum atomic E-state index is 6.01. The van der Waals surface area contributed by atoms with Crippen LogP contribution in [0.4, 0.5) is 5.82 Å². The summed E-state index contributed by atoms with van der Waals surface area (Å²) in [6.45, 7) is 3.84. The van der Waals surface area contributed by atoms with Crippen LogP contribution in [0.3, 0.4) is 0 Å². The van der Waals surface area contributed by atoms with Crippen LogP contribution < -0.4 is 5.73 Å². The Labute approximate surface area is 107 Å². The van der Waals surface area contributed by atoms with E-state index >= 15 is 0 Å². The Balaban J connectivity index is 2.63. The highest BCUT2D eigenvalue weighted by Crippen LogP contribution is 2.27. The fourth-order valence-corrected chi connectivity index (χ4v) is 2.16. The van der Waals surface area contributed by atoms with E-state index < -0.39 is 0 Å². The summed E-state index contributed by atoms with van der Waals surface area (Å²) in [7, 11) is 0. The molecule has 0 radical (unpaired) electrons. The van der Waals surface area contributed by atoms with Crippen LogP contribution in [0.5, 0.6) is 0 Å². The predicted octanol–water partition coefficient (Wildman–Crippen LogP) is 3.49. The molecule has 5 heteroatoms. The number of rotatable bonds is 1. The summed E-state index contributed by atoms with van der Waals surface area (Å²) in [6, 6.07) is 5.92. The normalized spacial score (nSPS) is 10.8. The second kappa shape index (κ2) is 4.11. The molecule has 0 unspecified atom stereocenters. The first-order valence-corrected chi connectivity index (χ1v) is 5.95. The molecule has 3 nitrogen and oxygen atoms in total. The zero-order chi connectivity index (χ0) is 11.9. The van der Waals surface area contributed by atoms with E-state index in [1.54, 1.807) is 4.68 Å². The maximum Gasteiger partial charge on any atom is 0.146 e. The van der Waals surface area contributed by atoms with Gasteiger partial charge in [-0.3, -0.25) is 0 Å². The number of nitrogens with two attached hydrogens (primary N) is 1. The predicted molar refractivity (Wildman–Crippen MR) is 70.2 cm³/mol. The van der Waals surface area contributed by atoms with Crippen LogP contribution >= 0.6 is 27.5 Å². The number of hydrogen-bond acceptors (Lipinski definition) is 2. The number of hydrogen-bond donors (Lipinski definition) is 1. The average molecular weight is 301 g/mol. The smallest absolute Gasteiger partial charge is 0.146 e. The van der Waals surface area contributed by atoms with E-state index in [9.17, 15) is 0 Å². The van der Waals surface area contributed by atoms with Gasteiger partial charge in [0.05, 0.1) is 11.4 Å². The van der Waals surface area contributed by atoms with Crippen LogP contribution in [0.1, 0.15) is 11.3 Å². The molecule has 1 aromatic carbocycles. The molecule has 0 fully saturated rings. The molecular formula is C11H11BrClN3. The van der Waals surface area contributed by atoms with Gasteiger partial charge in [0.25, 0.3) is 0 Å². The van der Waals surface area contributed by atoms with Gasteiger partial charge in [0.15, 0.2) is 0 Å². The van der Waals surface area contributed by atoms with Gasteiger partial charge >= 0.3 is 0 Å². The fraction of sp³-hybridized carbons (Fsp3) is 0.182. The second-order valence-corrected chi connectivity index (χ2v) is 4.92. The Morgan fingerprint density at radius 3 is 2.56 bits per heavy atom. The number of benzene rings is 1. The summed E-state index contributed by atoms with van der Waals surface area (Å²) in [6.07, 6.45) is 0. The number of aromatic nitrogens is 2. The molecule has 0 aliphatic carbocycles. The Morgan fingerprint density at radius 1 is 1.38 bits per heavy atom. The Morgan fingerprint density at radius 2 is 2.06 bits per heavy atom. The van der Waals surface area contributed by atoms with Gasteiger partial charge in [-0.05, 0) is 37.6 Å². The van der Waals surface area contributed by atoms with Crippen molar-refractivity contribution in [3.8, 4) is 5.69 Å². The molecule has 84 valence electrons. The minimum atomic E-state index is 0.476. The van der Waals surface area contributed by atoms with Crippen molar-refractivity contribution >= 4 is 33.3 Å². The van der Waals surface area contributed by atoms with Crippen LogP contribution in [-0.4, -0.2) is 9.78 Å². The van der Waals surface area contributed by atoms with Crippen molar-refractivity contribution in [3.05, 3.63) is 39.0 Å². The van der Waals surface area contributed by atoms with Crippen molar-refractivity contribution in [2.45, 2.75) is 13.8 Å². The topological polar surface area (TPSA) is 43.8 Å². The second-order valence-electron chi connectivity index (χ2n) is 3.63. The third kappa shape index (κ3) is 1.83. The standard InChI is InChI=1S/C11H11BrClN3/c1-6-5-8(12)3-4-9(6)16-11(14)10(13)7(2)15-16/h3-5H,14H2,1-2H3. The lowest BCUT2D eigenvalue weighted by Gasteiger charge is -2.07. The summed E-state index contributed by atoms with van der Waals surface area (Å²) in [5.74, 6) is 0.476. The van der Waals surface area contributed by atoms with Gasteiger partial charge in [-0.25, -0.2) is 4.68 Å². The van der Waals surface area contributed by atoms with Crippen molar-refractivity contribution in [1.29, 1.82) is 0 Å². The lowest BCUT2D eigenvalue weighted by molar-refractivity contribution is 0.865. The van der Waals surface area contributed by atoms with Crippen LogP contribution in [0.15, 0.2) is 22.7 Å². The lowest BCUT2D eigenvalue weighted by Crippen LogP contribution is -2.03. The minimum absolute atomic E-state index is 0.476. The molecule has 0 saturated heterocycles. The van der Waals surface area contributed by atoms with E-state index in [2.05, 4.69) is 21.0 Å². The van der Waals surface area contributed by atoms with Crippen LogP contribution in [0, 0.1) is 13.8 Å². The zero-order valence-electron chi connectivity index (χ0n) is 8.96. The third-order valence-electron chi connectivity index (χ3n) is 2.41. The monoisotopic (exact) mass is 299 g/mol. The number of halogens is 2. The first-order valence-electron chi connectivity index (χ1n) is 4.78. The maximum absolute atomic E-state index is 6.01. The van der Waals surface area contributed by atoms with E-state index in [-0.39, 0.29) is 0 Å². The summed E-state index contributed by atoms with van der Waals surface area (Å²) in [4.78, 5) is 0. The Kier molecular flexibility index (Phi) is 2.95. The Bertz CT molecular complexity index is 548. The lowest BCUT2D eigenvalue weighted by atomic mass is 10.2. The summed E-state index contributed by atoms with van der Waals surface area (Å²) in [5, 5.41) is 4.83. The van der Waals surface area contributed by atoms with Gasteiger partial charge in [0.1, 0.15) is 10.8 Å². The van der Waals surface area contributed by atoms with Crippen LogP contribution in [0.25, 0.3) is 5.69 Å². The molecule has 0 bridgehead atoms. The van der Waals surface area contributed by atoms with Crippen LogP contribution in [0.2, 0.25) is 5.02 Å². The number of anilines is 1.